The predicted octanol–water partition coefficient (Wildman–Crippen LogP) is 4.52. The molecule has 1 aromatic rings. The van der Waals surface area contributed by atoms with E-state index in [4.69, 9.17) is 0 Å². The minimum atomic E-state index is -0.184. The van der Waals surface area contributed by atoms with Crippen molar-refractivity contribution >= 4 is 40.7 Å². The van der Waals surface area contributed by atoms with Gasteiger partial charge in [-0.05, 0) is 67.7 Å². The Labute approximate surface area is 152 Å². The molecule has 1 aliphatic heterocycles. The van der Waals surface area contributed by atoms with E-state index in [2.05, 4.69) is 18.7 Å². The third kappa shape index (κ3) is 4.88. The van der Waals surface area contributed by atoms with Crippen LogP contribution in [-0.4, -0.2) is 47.0 Å². The second-order valence-electron chi connectivity index (χ2n) is 5.64. The fraction of sp³-hybridized carbons (Fsp3) is 0.444. The van der Waals surface area contributed by atoms with Crippen LogP contribution in [0.25, 0.3) is 6.08 Å². The Morgan fingerprint density at radius 1 is 1.12 bits per heavy atom. The normalized spacial score (nSPS) is 16.7. The van der Waals surface area contributed by atoms with Crippen molar-refractivity contribution in [3.05, 3.63) is 34.7 Å². The van der Waals surface area contributed by atoms with Gasteiger partial charge in [0.1, 0.15) is 0 Å². The van der Waals surface area contributed by atoms with Gasteiger partial charge in [0.05, 0.1) is 11.6 Å². The van der Waals surface area contributed by atoms with Crippen molar-refractivity contribution in [3.63, 3.8) is 0 Å². The van der Waals surface area contributed by atoms with Crippen LogP contribution in [0.3, 0.4) is 0 Å². The van der Waals surface area contributed by atoms with E-state index in [9.17, 15) is 9.59 Å². The Hall–Kier alpha value is -1.24. The van der Waals surface area contributed by atoms with Crippen LogP contribution in [0, 0.1) is 0 Å². The van der Waals surface area contributed by atoms with E-state index in [0.29, 0.717) is 11.6 Å². The van der Waals surface area contributed by atoms with E-state index < -0.39 is 0 Å². The zero-order valence-corrected chi connectivity index (χ0v) is 16.1. The predicted molar refractivity (Wildman–Crippen MR) is 103 cm³/mol. The Balaban J connectivity index is 2.10. The molecule has 0 aromatic heterocycles. The van der Waals surface area contributed by atoms with Crippen molar-refractivity contribution in [1.82, 2.24) is 9.80 Å². The second-order valence-corrected chi connectivity index (χ2v) is 7.52. The summed E-state index contributed by atoms with van der Waals surface area (Å²) in [4.78, 5) is 30.0. The van der Waals surface area contributed by atoms with E-state index in [-0.39, 0.29) is 11.1 Å². The highest BCUT2D eigenvalue weighted by Crippen LogP contribution is 2.32. The van der Waals surface area contributed by atoms with Gasteiger partial charge >= 0.3 is 0 Å². The molecule has 0 bridgehead atoms. The van der Waals surface area contributed by atoms with Gasteiger partial charge in [0.15, 0.2) is 0 Å². The molecule has 0 aliphatic carbocycles. The highest BCUT2D eigenvalue weighted by molar-refractivity contribution is 8.18. The van der Waals surface area contributed by atoms with Gasteiger partial charge in [-0.3, -0.25) is 19.4 Å². The number of hydrogen-bond acceptors (Lipinski definition) is 5. The Morgan fingerprint density at radius 3 is 2.29 bits per heavy atom. The van der Waals surface area contributed by atoms with E-state index in [1.165, 1.54) is 9.80 Å². The van der Waals surface area contributed by atoms with E-state index in [1.807, 2.05) is 30.5 Å². The Morgan fingerprint density at radius 2 is 1.75 bits per heavy atom. The number of carbonyl (C=O) groups is 2. The van der Waals surface area contributed by atoms with Crippen molar-refractivity contribution < 1.29 is 9.59 Å². The quantitative estimate of drug-likeness (QED) is 0.501. The molecule has 0 atom stereocenters. The number of thioether (sulfide) groups is 2. The average molecular weight is 365 g/mol. The molecule has 0 unspecified atom stereocenters. The lowest BCUT2D eigenvalue weighted by atomic mass is 10.2. The first kappa shape index (κ1) is 19.1. The van der Waals surface area contributed by atoms with Crippen LogP contribution in [0.1, 0.15) is 32.3 Å². The second kappa shape index (κ2) is 9.30. The molecule has 1 saturated heterocycles. The minimum absolute atomic E-state index is 0.177. The van der Waals surface area contributed by atoms with Gasteiger partial charge in [0.2, 0.25) is 0 Å². The molecule has 0 saturated carbocycles. The molecular formula is C18H24N2O2S2. The van der Waals surface area contributed by atoms with Crippen LogP contribution in [0.15, 0.2) is 34.1 Å². The highest BCUT2D eigenvalue weighted by atomic mass is 32.2. The van der Waals surface area contributed by atoms with Gasteiger partial charge in [0, 0.05) is 4.90 Å². The third-order valence-corrected chi connectivity index (χ3v) is 5.36. The monoisotopic (exact) mass is 364 g/mol. The number of rotatable bonds is 8. The molecule has 24 heavy (non-hydrogen) atoms. The number of imide groups is 1. The van der Waals surface area contributed by atoms with E-state index >= 15 is 0 Å². The number of benzene rings is 1. The van der Waals surface area contributed by atoms with Crippen molar-refractivity contribution in [2.45, 2.75) is 31.6 Å². The summed E-state index contributed by atoms with van der Waals surface area (Å²) in [5.41, 5.74) is 0.942. The zero-order chi connectivity index (χ0) is 17.5. The van der Waals surface area contributed by atoms with Gasteiger partial charge in [-0.15, -0.1) is 11.8 Å². The summed E-state index contributed by atoms with van der Waals surface area (Å²) in [5.74, 6) is -0.184. The molecule has 0 N–H and O–H groups in total. The fourth-order valence-electron chi connectivity index (χ4n) is 2.56. The largest absolute Gasteiger partial charge is 0.294 e. The summed E-state index contributed by atoms with van der Waals surface area (Å²) in [6.07, 6.45) is 5.85. The third-order valence-electron chi connectivity index (χ3n) is 3.71. The maximum Gasteiger partial charge on any atom is 0.294 e. The van der Waals surface area contributed by atoms with E-state index in [1.54, 1.807) is 17.8 Å². The van der Waals surface area contributed by atoms with Crippen molar-refractivity contribution in [1.29, 1.82) is 0 Å². The fourth-order valence-corrected chi connectivity index (χ4v) is 3.80. The lowest BCUT2D eigenvalue weighted by Crippen LogP contribution is -2.41. The van der Waals surface area contributed by atoms with Crippen molar-refractivity contribution in [3.8, 4) is 0 Å². The van der Waals surface area contributed by atoms with Crippen LogP contribution in [-0.2, 0) is 4.79 Å². The van der Waals surface area contributed by atoms with Crippen LogP contribution in [0.5, 0.6) is 0 Å². The molecular weight excluding hydrogens is 340 g/mol. The van der Waals surface area contributed by atoms with Gasteiger partial charge < -0.3 is 0 Å². The van der Waals surface area contributed by atoms with Gasteiger partial charge in [-0.25, -0.2) is 0 Å². The molecule has 1 heterocycles. The number of hydrogen-bond donors (Lipinski definition) is 0. The van der Waals surface area contributed by atoms with E-state index in [0.717, 1.165) is 43.3 Å². The molecule has 2 amide bonds. The number of carbonyl (C=O) groups excluding carboxylic acids is 2. The molecule has 6 heteroatoms. The molecule has 2 rings (SSSR count). The Kier molecular flexibility index (Phi) is 7.40. The van der Waals surface area contributed by atoms with Crippen molar-refractivity contribution in [2.24, 2.45) is 0 Å². The average Bonchev–Trinajstić information content (AvgIpc) is 2.83. The van der Waals surface area contributed by atoms with Crippen LogP contribution in [0.4, 0.5) is 4.79 Å². The topological polar surface area (TPSA) is 40.6 Å². The first-order valence-electron chi connectivity index (χ1n) is 8.20. The number of nitrogens with zero attached hydrogens (tertiary/aromatic N) is 2. The van der Waals surface area contributed by atoms with Gasteiger partial charge in [0.25, 0.3) is 11.1 Å². The van der Waals surface area contributed by atoms with Gasteiger partial charge in [-0.2, -0.15) is 0 Å². The standard InChI is InChI=1S/C18H24N2O2S2/c1-4-10-19(11-5-2)13-20-17(21)16(24-18(20)22)12-14-6-8-15(23-3)9-7-14/h6-9,12H,4-5,10-11,13H2,1-3H3/b16-12+. The summed E-state index contributed by atoms with van der Waals surface area (Å²) in [6.45, 7) is 6.38. The first-order valence-corrected chi connectivity index (χ1v) is 10.2. The van der Waals surface area contributed by atoms with Gasteiger partial charge in [-0.1, -0.05) is 26.0 Å². The maximum absolute atomic E-state index is 12.6. The van der Waals surface area contributed by atoms with Crippen LogP contribution < -0.4 is 0 Å². The van der Waals surface area contributed by atoms with Crippen molar-refractivity contribution in [2.75, 3.05) is 26.0 Å². The summed E-state index contributed by atoms with van der Waals surface area (Å²) in [6, 6.07) is 7.98. The van der Waals surface area contributed by atoms with Crippen LogP contribution in [0.2, 0.25) is 0 Å². The SMILES string of the molecule is CCCN(CCC)CN1C(=O)S/C(=C/c2ccc(SC)cc2)C1=O. The highest BCUT2D eigenvalue weighted by Gasteiger charge is 2.35. The summed E-state index contributed by atoms with van der Waals surface area (Å²) in [7, 11) is 0. The summed E-state index contributed by atoms with van der Waals surface area (Å²) >= 11 is 2.71. The maximum atomic E-state index is 12.6. The molecule has 1 aromatic carbocycles. The molecule has 0 radical (unpaired) electrons. The summed E-state index contributed by atoms with van der Waals surface area (Å²) < 4.78 is 0. The smallest absolute Gasteiger partial charge is 0.286 e. The molecule has 1 aliphatic rings. The molecule has 0 spiro atoms. The molecule has 4 nitrogen and oxygen atoms in total. The lowest BCUT2D eigenvalue weighted by molar-refractivity contribution is -0.124. The Bertz CT molecular complexity index is 608. The lowest BCUT2D eigenvalue weighted by Gasteiger charge is -2.25. The molecule has 130 valence electrons. The number of amides is 2. The summed E-state index contributed by atoms with van der Waals surface area (Å²) in [5, 5.41) is -0.177. The first-order chi connectivity index (χ1) is 11.6. The minimum Gasteiger partial charge on any atom is -0.286 e. The zero-order valence-electron chi connectivity index (χ0n) is 14.4. The molecule has 1 fully saturated rings. The van der Waals surface area contributed by atoms with Crippen LogP contribution >= 0.6 is 23.5 Å².